The maximum Gasteiger partial charge on any atom is 0.148 e. The molecule has 0 amide bonds. The van der Waals surface area contributed by atoms with E-state index in [1.54, 1.807) is 0 Å². The topological polar surface area (TPSA) is 0 Å². The maximum atomic E-state index is 13.4. The molecule has 0 heterocycles. The van der Waals surface area contributed by atoms with Gasteiger partial charge in [-0.2, -0.15) is 0 Å². The van der Waals surface area contributed by atoms with Gasteiger partial charge in [-0.05, 0) is 25.7 Å². The fourth-order valence-corrected chi connectivity index (χ4v) is 2.67. The van der Waals surface area contributed by atoms with Crippen molar-refractivity contribution in [2.45, 2.75) is 36.9 Å². The van der Waals surface area contributed by atoms with E-state index >= 15 is 0 Å². The fourth-order valence-electron chi connectivity index (χ4n) is 2.10. The highest BCUT2D eigenvalue weighted by Gasteiger charge is 2.52. The predicted octanol–water partition coefficient (Wildman–Crippen LogP) is 3.86. The molecule has 0 N–H and O–H groups in total. The van der Waals surface area contributed by atoms with Crippen molar-refractivity contribution in [1.82, 2.24) is 0 Å². The van der Waals surface area contributed by atoms with Crippen LogP contribution in [0.3, 0.4) is 0 Å². The minimum Gasteiger partial charge on any atom is -0.208 e. The summed E-state index contributed by atoms with van der Waals surface area (Å²) in [4.78, 5) is 0. The van der Waals surface area contributed by atoms with Crippen molar-refractivity contribution in [1.29, 1.82) is 0 Å². The Morgan fingerprint density at radius 1 is 1.08 bits per heavy atom. The second-order valence-corrected chi connectivity index (χ2v) is 5.67. The summed E-state index contributed by atoms with van der Waals surface area (Å²) >= 11 is 3.29. The molecule has 3 aliphatic carbocycles. The van der Waals surface area contributed by atoms with Crippen molar-refractivity contribution in [3.8, 4) is 0 Å². The van der Waals surface area contributed by atoms with Crippen molar-refractivity contribution in [2.75, 3.05) is 0 Å². The van der Waals surface area contributed by atoms with Gasteiger partial charge in [0.15, 0.2) is 0 Å². The lowest BCUT2D eigenvalue weighted by molar-refractivity contribution is 0.148. The molecule has 0 radical (unpaired) electrons. The van der Waals surface area contributed by atoms with Gasteiger partial charge in [-0.25, -0.2) is 8.78 Å². The summed E-state index contributed by atoms with van der Waals surface area (Å²) in [7, 11) is 0. The smallest absolute Gasteiger partial charge is 0.148 e. The lowest BCUT2D eigenvalue weighted by atomic mass is 9.65. The number of rotatable bonds is 0. The first kappa shape index (κ1) is 8.67. The van der Waals surface area contributed by atoms with E-state index in [2.05, 4.69) is 15.9 Å². The highest BCUT2D eigenvalue weighted by molar-refractivity contribution is 9.10. The van der Waals surface area contributed by atoms with E-state index in [0.29, 0.717) is 0 Å². The van der Waals surface area contributed by atoms with Crippen LogP contribution < -0.4 is 0 Å². The molecule has 3 heteroatoms. The first-order valence-corrected chi connectivity index (χ1v) is 5.02. The standard InChI is InChI=1S/C9H11BrF2/c1-8-2-4-9(10,5-3-8)7(12)6(8)11/h2-5H2,1H3. The maximum absolute atomic E-state index is 13.4. The van der Waals surface area contributed by atoms with Crippen LogP contribution in [0.4, 0.5) is 8.78 Å². The van der Waals surface area contributed by atoms with Crippen molar-refractivity contribution >= 4 is 15.9 Å². The molecule has 0 nitrogen and oxygen atoms in total. The summed E-state index contributed by atoms with van der Waals surface area (Å²) < 4.78 is 26.1. The molecular formula is C9H11BrF2. The van der Waals surface area contributed by atoms with E-state index in [4.69, 9.17) is 0 Å². The Bertz CT molecular complexity index is 223. The summed E-state index contributed by atoms with van der Waals surface area (Å²) in [6.45, 7) is 1.81. The van der Waals surface area contributed by atoms with E-state index < -0.39 is 21.4 Å². The van der Waals surface area contributed by atoms with Crippen LogP contribution in [0.1, 0.15) is 32.6 Å². The number of hydrogen-bond acceptors (Lipinski definition) is 0. The summed E-state index contributed by atoms with van der Waals surface area (Å²) in [6.07, 6.45) is 2.97. The van der Waals surface area contributed by atoms with Crippen LogP contribution in [-0.2, 0) is 0 Å². The van der Waals surface area contributed by atoms with Crippen molar-refractivity contribution < 1.29 is 8.78 Å². The van der Waals surface area contributed by atoms with E-state index in [0.717, 1.165) is 25.7 Å². The van der Waals surface area contributed by atoms with Crippen molar-refractivity contribution in [2.24, 2.45) is 5.41 Å². The Hall–Kier alpha value is 0.0800. The Morgan fingerprint density at radius 2 is 1.58 bits per heavy atom. The number of hydrogen-bond donors (Lipinski definition) is 0. The Morgan fingerprint density at radius 3 is 2.00 bits per heavy atom. The zero-order valence-electron chi connectivity index (χ0n) is 6.96. The Kier molecular flexibility index (Phi) is 1.67. The highest BCUT2D eigenvalue weighted by Crippen LogP contribution is 2.59. The lowest BCUT2D eigenvalue weighted by Gasteiger charge is -2.46. The van der Waals surface area contributed by atoms with Gasteiger partial charge in [-0.15, -0.1) is 0 Å². The van der Waals surface area contributed by atoms with Crippen LogP contribution in [0.25, 0.3) is 0 Å². The minimum absolute atomic E-state index is 0.500. The van der Waals surface area contributed by atoms with Gasteiger partial charge in [0.25, 0.3) is 0 Å². The molecule has 0 atom stereocenters. The van der Waals surface area contributed by atoms with Crippen LogP contribution in [0.5, 0.6) is 0 Å². The third-order valence-corrected chi connectivity index (χ3v) is 4.40. The van der Waals surface area contributed by atoms with Crippen LogP contribution in [0, 0.1) is 5.41 Å². The molecule has 0 saturated heterocycles. The summed E-state index contributed by atoms with van der Waals surface area (Å²) in [5, 5.41) is 0. The first-order valence-electron chi connectivity index (χ1n) is 4.23. The zero-order chi connectivity index (χ0) is 8.98. The Balaban J connectivity index is 2.52. The van der Waals surface area contributed by atoms with Crippen LogP contribution in [-0.4, -0.2) is 4.32 Å². The van der Waals surface area contributed by atoms with Gasteiger partial charge in [0.2, 0.25) is 0 Å². The van der Waals surface area contributed by atoms with Crippen molar-refractivity contribution in [3.05, 3.63) is 11.7 Å². The number of fused-ring (bicyclic) bond motifs is 2. The molecule has 2 bridgehead atoms. The molecular weight excluding hydrogens is 226 g/mol. The van der Waals surface area contributed by atoms with Gasteiger partial charge in [0, 0.05) is 5.41 Å². The van der Waals surface area contributed by atoms with Crippen LogP contribution in [0.15, 0.2) is 11.7 Å². The van der Waals surface area contributed by atoms with E-state index in [1.807, 2.05) is 6.92 Å². The average molecular weight is 237 g/mol. The quantitative estimate of drug-likeness (QED) is 0.561. The average Bonchev–Trinajstić information content (AvgIpc) is 2.06. The number of allylic oxidation sites excluding steroid dienone is 2. The number of halogens is 3. The van der Waals surface area contributed by atoms with E-state index in [-0.39, 0.29) is 0 Å². The van der Waals surface area contributed by atoms with E-state index in [1.165, 1.54) is 0 Å². The third kappa shape index (κ3) is 0.918. The van der Waals surface area contributed by atoms with Crippen LogP contribution in [0.2, 0.25) is 0 Å². The number of alkyl halides is 1. The molecule has 0 aliphatic heterocycles. The molecule has 0 unspecified atom stereocenters. The first-order chi connectivity index (χ1) is 5.48. The van der Waals surface area contributed by atoms with Gasteiger partial charge in [0.05, 0.1) is 4.32 Å². The van der Waals surface area contributed by atoms with Gasteiger partial charge < -0.3 is 0 Å². The second kappa shape index (κ2) is 2.31. The zero-order valence-corrected chi connectivity index (χ0v) is 8.55. The molecule has 0 spiro atoms. The molecule has 68 valence electrons. The molecule has 0 aromatic heterocycles. The Labute approximate surface area is 79.2 Å². The van der Waals surface area contributed by atoms with Crippen LogP contribution >= 0.6 is 15.9 Å². The predicted molar refractivity (Wildman–Crippen MR) is 47.5 cm³/mol. The molecule has 12 heavy (non-hydrogen) atoms. The molecule has 0 aromatic carbocycles. The highest BCUT2D eigenvalue weighted by atomic mass is 79.9. The van der Waals surface area contributed by atoms with Gasteiger partial charge in [0.1, 0.15) is 11.7 Å². The molecule has 3 rings (SSSR count). The normalized spacial score (nSPS) is 47.0. The lowest BCUT2D eigenvalue weighted by Crippen LogP contribution is -2.41. The molecule has 1 saturated carbocycles. The summed E-state index contributed by atoms with van der Waals surface area (Å²) in [5.41, 5.74) is -0.500. The van der Waals surface area contributed by atoms with Crippen molar-refractivity contribution in [3.63, 3.8) is 0 Å². The fraction of sp³-hybridized carbons (Fsp3) is 0.778. The second-order valence-electron chi connectivity index (χ2n) is 4.15. The molecule has 3 aliphatic rings. The van der Waals surface area contributed by atoms with Gasteiger partial charge in [-0.3, -0.25) is 0 Å². The summed E-state index contributed by atoms with van der Waals surface area (Å²) in [6, 6.07) is 0. The summed E-state index contributed by atoms with van der Waals surface area (Å²) in [5.74, 6) is -1.07. The van der Waals surface area contributed by atoms with E-state index in [9.17, 15) is 8.78 Å². The largest absolute Gasteiger partial charge is 0.208 e. The monoisotopic (exact) mass is 236 g/mol. The molecule has 0 aromatic rings. The molecule has 1 fully saturated rings. The SMILES string of the molecule is CC12CCC(Br)(CC1)C(F)=C2F. The van der Waals surface area contributed by atoms with Gasteiger partial charge >= 0.3 is 0 Å². The minimum atomic E-state index is -0.658. The van der Waals surface area contributed by atoms with Gasteiger partial charge in [-0.1, -0.05) is 22.9 Å². The third-order valence-electron chi connectivity index (χ3n) is 3.26.